The van der Waals surface area contributed by atoms with Crippen LogP contribution in [0.15, 0.2) is 0 Å². The molecular formula is C11H23N. The highest BCUT2D eigenvalue weighted by Crippen LogP contribution is 2.25. The van der Waals surface area contributed by atoms with E-state index in [0.717, 1.165) is 0 Å². The lowest BCUT2D eigenvalue weighted by Gasteiger charge is -2.29. The van der Waals surface area contributed by atoms with Gasteiger partial charge in [0.25, 0.3) is 0 Å². The van der Waals surface area contributed by atoms with Gasteiger partial charge < -0.3 is 4.90 Å². The fourth-order valence-corrected chi connectivity index (χ4v) is 2.30. The summed E-state index contributed by atoms with van der Waals surface area (Å²) in [5.74, 6) is 0. The monoisotopic (exact) mass is 169 g/mol. The van der Waals surface area contributed by atoms with Crippen LogP contribution in [0, 0.1) is 5.41 Å². The van der Waals surface area contributed by atoms with Crippen LogP contribution in [-0.2, 0) is 0 Å². The Morgan fingerprint density at radius 2 is 1.75 bits per heavy atom. The molecule has 0 unspecified atom stereocenters. The first-order valence-electron chi connectivity index (χ1n) is 5.36. The van der Waals surface area contributed by atoms with Gasteiger partial charge in [0.15, 0.2) is 0 Å². The highest BCUT2D eigenvalue weighted by Gasteiger charge is 2.22. The Bertz CT molecular complexity index is 123. The van der Waals surface area contributed by atoms with Crippen LogP contribution in [0.25, 0.3) is 0 Å². The SMILES string of the molecule is CCCC(C)(C)CN1CCCC1. The molecule has 1 heterocycles. The summed E-state index contributed by atoms with van der Waals surface area (Å²) in [6.45, 7) is 11.1. The van der Waals surface area contributed by atoms with Crippen LogP contribution in [0.5, 0.6) is 0 Å². The van der Waals surface area contributed by atoms with Crippen molar-refractivity contribution in [2.75, 3.05) is 19.6 Å². The molecule has 0 aromatic rings. The molecule has 1 fully saturated rings. The molecular weight excluding hydrogens is 146 g/mol. The topological polar surface area (TPSA) is 3.24 Å². The molecule has 0 bridgehead atoms. The molecule has 0 radical (unpaired) electrons. The van der Waals surface area contributed by atoms with E-state index in [4.69, 9.17) is 0 Å². The fourth-order valence-electron chi connectivity index (χ4n) is 2.30. The minimum absolute atomic E-state index is 0.541. The Hall–Kier alpha value is -0.0400. The first-order chi connectivity index (χ1) is 5.64. The summed E-state index contributed by atoms with van der Waals surface area (Å²) in [6, 6.07) is 0. The minimum Gasteiger partial charge on any atom is -0.303 e. The van der Waals surface area contributed by atoms with E-state index in [1.807, 2.05) is 0 Å². The normalized spacial score (nSPS) is 20.2. The molecule has 0 aromatic heterocycles. The zero-order valence-corrected chi connectivity index (χ0v) is 8.90. The summed E-state index contributed by atoms with van der Waals surface area (Å²) in [5.41, 5.74) is 0.541. The molecule has 72 valence electrons. The highest BCUT2D eigenvalue weighted by atomic mass is 15.1. The molecule has 1 nitrogen and oxygen atoms in total. The van der Waals surface area contributed by atoms with Crippen molar-refractivity contribution in [3.8, 4) is 0 Å². The van der Waals surface area contributed by atoms with Gasteiger partial charge in [-0.05, 0) is 37.8 Å². The van der Waals surface area contributed by atoms with Crippen molar-refractivity contribution in [1.82, 2.24) is 4.90 Å². The van der Waals surface area contributed by atoms with Crippen LogP contribution >= 0.6 is 0 Å². The van der Waals surface area contributed by atoms with Crippen molar-refractivity contribution < 1.29 is 0 Å². The van der Waals surface area contributed by atoms with E-state index in [1.165, 1.54) is 45.3 Å². The van der Waals surface area contributed by atoms with Crippen LogP contribution in [0.1, 0.15) is 46.5 Å². The molecule has 0 aromatic carbocycles. The van der Waals surface area contributed by atoms with Gasteiger partial charge in [0.05, 0.1) is 0 Å². The minimum atomic E-state index is 0.541. The Balaban J connectivity index is 2.27. The van der Waals surface area contributed by atoms with E-state index in [-0.39, 0.29) is 0 Å². The average molecular weight is 169 g/mol. The van der Waals surface area contributed by atoms with Gasteiger partial charge in [-0.15, -0.1) is 0 Å². The zero-order chi connectivity index (χ0) is 9.03. The van der Waals surface area contributed by atoms with Gasteiger partial charge >= 0.3 is 0 Å². The summed E-state index contributed by atoms with van der Waals surface area (Å²) in [6.07, 6.45) is 5.52. The number of hydrogen-bond donors (Lipinski definition) is 0. The van der Waals surface area contributed by atoms with Gasteiger partial charge in [-0.3, -0.25) is 0 Å². The standard InChI is InChI=1S/C11H23N/c1-4-7-11(2,3)10-12-8-5-6-9-12/h4-10H2,1-3H3. The third-order valence-electron chi connectivity index (χ3n) is 2.78. The van der Waals surface area contributed by atoms with Gasteiger partial charge in [-0.25, -0.2) is 0 Å². The molecule has 12 heavy (non-hydrogen) atoms. The van der Waals surface area contributed by atoms with Crippen LogP contribution in [-0.4, -0.2) is 24.5 Å². The molecule has 1 heteroatoms. The summed E-state index contributed by atoms with van der Waals surface area (Å²) < 4.78 is 0. The second kappa shape index (κ2) is 4.27. The van der Waals surface area contributed by atoms with E-state index in [1.54, 1.807) is 0 Å². The molecule has 1 saturated heterocycles. The maximum atomic E-state index is 2.62. The van der Waals surface area contributed by atoms with Crippen molar-refractivity contribution >= 4 is 0 Å². The summed E-state index contributed by atoms with van der Waals surface area (Å²) in [5, 5.41) is 0. The summed E-state index contributed by atoms with van der Waals surface area (Å²) >= 11 is 0. The summed E-state index contributed by atoms with van der Waals surface area (Å²) in [7, 11) is 0. The van der Waals surface area contributed by atoms with Crippen molar-refractivity contribution in [3.05, 3.63) is 0 Å². The van der Waals surface area contributed by atoms with Gasteiger partial charge in [-0.2, -0.15) is 0 Å². The largest absolute Gasteiger partial charge is 0.303 e. The molecule has 1 aliphatic rings. The van der Waals surface area contributed by atoms with E-state index in [2.05, 4.69) is 25.7 Å². The first kappa shape index (κ1) is 10.0. The maximum absolute atomic E-state index is 2.62. The van der Waals surface area contributed by atoms with Crippen LogP contribution in [0.4, 0.5) is 0 Å². The second-order valence-electron chi connectivity index (χ2n) is 4.90. The second-order valence-corrected chi connectivity index (χ2v) is 4.90. The predicted octanol–water partition coefficient (Wildman–Crippen LogP) is 2.91. The Kier molecular flexibility index (Phi) is 3.57. The number of hydrogen-bond acceptors (Lipinski definition) is 1. The van der Waals surface area contributed by atoms with Gasteiger partial charge in [0, 0.05) is 6.54 Å². The maximum Gasteiger partial charge on any atom is 0.00327 e. The lowest BCUT2D eigenvalue weighted by atomic mass is 9.87. The number of nitrogens with zero attached hydrogens (tertiary/aromatic N) is 1. The quantitative estimate of drug-likeness (QED) is 0.625. The molecule has 0 saturated carbocycles. The number of rotatable bonds is 4. The van der Waals surface area contributed by atoms with E-state index in [9.17, 15) is 0 Å². The van der Waals surface area contributed by atoms with Crippen molar-refractivity contribution in [2.24, 2.45) is 5.41 Å². The van der Waals surface area contributed by atoms with E-state index in [0.29, 0.717) is 5.41 Å². The Morgan fingerprint density at radius 1 is 1.17 bits per heavy atom. The van der Waals surface area contributed by atoms with Crippen molar-refractivity contribution in [1.29, 1.82) is 0 Å². The van der Waals surface area contributed by atoms with Gasteiger partial charge in [0.1, 0.15) is 0 Å². The third-order valence-corrected chi connectivity index (χ3v) is 2.78. The van der Waals surface area contributed by atoms with Crippen molar-refractivity contribution in [2.45, 2.75) is 46.5 Å². The lowest BCUT2D eigenvalue weighted by molar-refractivity contribution is 0.196. The third kappa shape index (κ3) is 3.14. The molecule has 0 atom stereocenters. The van der Waals surface area contributed by atoms with Gasteiger partial charge in [-0.1, -0.05) is 27.2 Å². The molecule has 1 aliphatic heterocycles. The highest BCUT2D eigenvalue weighted by molar-refractivity contribution is 4.76. The van der Waals surface area contributed by atoms with Crippen LogP contribution in [0.2, 0.25) is 0 Å². The number of likely N-dealkylation sites (tertiary alicyclic amines) is 1. The van der Waals surface area contributed by atoms with Crippen LogP contribution < -0.4 is 0 Å². The first-order valence-corrected chi connectivity index (χ1v) is 5.36. The van der Waals surface area contributed by atoms with E-state index < -0.39 is 0 Å². The smallest absolute Gasteiger partial charge is 0.00327 e. The zero-order valence-electron chi connectivity index (χ0n) is 8.90. The predicted molar refractivity (Wildman–Crippen MR) is 54.4 cm³/mol. The van der Waals surface area contributed by atoms with Crippen molar-refractivity contribution in [3.63, 3.8) is 0 Å². The average Bonchev–Trinajstić information content (AvgIpc) is 2.38. The molecule has 0 amide bonds. The van der Waals surface area contributed by atoms with Gasteiger partial charge in [0.2, 0.25) is 0 Å². The van der Waals surface area contributed by atoms with E-state index >= 15 is 0 Å². The molecule has 0 aliphatic carbocycles. The molecule has 1 rings (SSSR count). The fraction of sp³-hybridized carbons (Fsp3) is 1.00. The molecule has 0 spiro atoms. The van der Waals surface area contributed by atoms with Crippen LogP contribution in [0.3, 0.4) is 0 Å². The molecule has 0 N–H and O–H groups in total. The Morgan fingerprint density at radius 3 is 2.25 bits per heavy atom. The summed E-state index contributed by atoms with van der Waals surface area (Å²) in [4.78, 5) is 2.62. The lowest BCUT2D eigenvalue weighted by Crippen LogP contribution is -2.32. The Labute approximate surface area is 77.1 Å².